The van der Waals surface area contributed by atoms with Gasteiger partial charge in [0.15, 0.2) is 0 Å². The van der Waals surface area contributed by atoms with Crippen molar-refractivity contribution in [1.29, 1.82) is 0 Å². The third-order valence-corrected chi connectivity index (χ3v) is 5.10. The molecule has 0 amide bonds. The van der Waals surface area contributed by atoms with Crippen LogP contribution in [0, 0.1) is 19.8 Å². The van der Waals surface area contributed by atoms with Crippen LogP contribution >= 0.6 is 0 Å². The predicted octanol–water partition coefficient (Wildman–Crippen LogP) is 1.36. The maximum absolute atomic E-state index is 11.0. The van der Waals surface area contributed by atoms with Crippen molar-refractivity contribution in [2.75, 3.05) is 23.7 Å². The van der Waals surface area contributed by atoms with E-state index < -0.39 is 10.0 Å². The summed E-state index contributed by atoms with van der Waals surface area (Å²) in [6, 6.07) is 4.20. The summed E-state index contributed by atoms with van der Waals surface area (Å²) >= 11 is 0. The number of hydrogen-bond acceptors (Lipinski definition) is 5. The van der Waals surface area contributed by atoms with E-state index in [1.807, 2.05) is 0 Å². The van der Waals surface area contributed by atoms with Crippen LogP contribution in [0.4, 0.5) is 5.82 Å². The molecular weight excluding hydrogens is 300 g/mol. The fraction of sp³-hybridized carbons (Fsp3) is 0.467. The maximum Gasteiger partial charge on any atom is 0.209 e. The molecule has 118 valence electrons. The second kappa shape index (κ2) is 5.48. The molecule has 7 heteroatoms. The lowest BCUT2D eigenvalue weighted by Crippen LogP contribution is -2.48. The van der Waals surface area contributed by atoms with E-state index in [2.05, 4.69) is 40.8 Å². The molecule has 0 spiro atoms. The van der Waals surface area contributed by atoms with Crippen LogP contribution in [0.15, 0.2) is 18.5 Å². The van der Waals surface area contributed by atoms with Crippen LogP contribution in [0.1, 0.15) is 17.5 Å². The van der Waals surface area contributed by atoms with E-state index in [1.54, 1.807) is 6.33 Å². The van der Waals surface area contributed by atoms with Crippen molar-refractivity contribution in [3.63, 3.8) is 0 Å². The zero-order valence-corrected chi connectivity index (χ0v) is 13.6. The molecule has 1 aliphatic rings. The first kappa shape index (κ1) is 15.2. The molecule has 22 heavy (non-hydrogen) atoms. The number of aryl methyl sites for hydroxylation is 2. The van der Waals surface area contributed by atoms with Gasteiger partial charge in [-0.25, -0.2) is 23.5 Å². The Bertz CT molecular complexity index is 814. The van der Waals surface area contributed by atoms with Crippen molar-refractivity contribution >= 4 is 26.7 Å². The molecule has 0 unspecified atom stereocenters. The number of fused-ring (bicyclic) bond motifs is 1. The highest BCUT2D eigenvalue weighted by atomic mass is 32.2. The van der Waals surface area contributed by atoms with Crippen LogP contribution in [-0.4, -0.2) is 37.2 Å². The Kier molecular flexibility index (Phi) is 3.78. The fourth-order valence-corrected chi connectivity index (χ4v) is 3.47. The quantitative estimate of drug-likeness (QED) is 0.919. The summed E-state index contributed by atoms with van der Waals surface area (Å²) in [5, 5.41) is 6.10. The van der Waals surface area contributed by atoms with E-state index in [0.29, 0.717) is 12.3 Å². The monoisotopic (exact) mass is 320 g/mol. The van der Waals surface area contributed by atoms with Crippen LogP contribution < -0.4 is 10.0 Å². The number of primary sulfonamides is 1. The van der Waals surface area contributed by atoms with Crippen molar-refractivity contribution in [3.05, 3.63) is 29.6 Å². The highest BCUT2D eigenvalue weighted by Crippen LogP contribution is 2.31. The van der Waals surface area contributed by atoms with Crippen molar-refractivity contribution in [2.45, 2.75) is 20.3 Å². The Morgan fingerprint density at radius 2 is 1.91 bits per heavy atom. The zero-order chi connectivity index (χ0) is 15.9. The van der Waals surface area contributed by atoms with Gasteiger partial charge in [0.2, 0.25) is 10.0 Å². The van der Waals surface area contributed by atoms with Gasteiger partial charge in [0.05, 0.1) is 11.3 Å². The number of nitrogens with two attached hydrogens (primary N) is 1. The molecule has 0 radical (unpaired) electrons. The number of aromatic nitrogens is 2. The molecule has 0 atom stereocenters. The average Bonchev–Trinajstić information content (AvgIpc) is 2.37. The molecule has 1 fully saturated rings. The van der Waals surface area contributed by atoms with Crippen molar-refractivity contribution in [2.24, 2.45) is 11.1 Å². The lowest BCUT2D eigenvalue weighted by atomic mass is 9.96. The topological polar surface area (TPSA) is 89.2 Å². The molecule has 6 nitrogen and oxygen atoms in total. The maximum atomic E-state index is 11.0. The summed E-state index contributed by atoms with van der Waals surface area (Å²) in [6.07, 6.45) is 2.20. The van der Waals surface area contributed by atoms with E-state index >= 15 is 0 Å². The average molecular weight is 320 g/mol. The number of anilines is 1. The molecule has 0 aliphatic carbocycles. The Morgan fingerprint density at radius 1 is 1.23 bits per heavy atom. The first-order valence-electron chi connectivity index (χ1n) is 7.31. The van der Waals surface area contributed by atoms with Gasteiger partial charge in [0, 0.05) is 18.5 Å². The molecule has 1 saturated heterocycles. The highest BCUT2D eigenvalue weighted by molar-refractivity contribution is 7.89. The van der Waals surface area contributed by atoms with Gasteiger partial charge in [0.25, 0.3) is 0 Å². The molecule has 3 rings (SSSR count). The minimum Gasteiger partial charge on any atom is -0.355 e. The molecule has 0 bridgehead atoms. The second-order valence-corrected chi connectivity index (χ2v) is 7.81. The summed E-state index contributed by atoms with van der Waals surface area (Å²) in [4.78, 5) is 10.9. The summed E-state index contributed by atoms with van der Waals surface area (Å²) in [5.74, 6) is 1.34. The molecule has 0 saturated carbocycles. The van der Waals surface area contributed by atoms with Gasteiger partial charge in [-0.1, -0.05) is 0 Å². The number of sulfonamides is 1. The third kappa shape index (κ3) is 3.05. The highest BCUT2D eigenvalue weighted by Gasteiger charge is 2.29. The molecule has 1 aliphatic heterocycles. The molecular formula is C15H20N4O2S. The number of hydrogen-bond donors (Lipinski definition) is 1. The Hall–Kier alpha value is -1.73. The van der Waals surface area contributed by atoms with Crippen LogP contribution in [0.2, 0.25) is 0 Å². The van der Waals surface area contributed by atoms with Gasteiger partial charge >= 0.3 is 0 Å². The molecule has 1 aromatic carbocycles. The number of nitrogens with zero attached hydrogens (tertiary/aromatic N) is 3. The summed E-state index contributed by atoms with van der Waals surface area (Å²) in [7, 11) is -3.37. The van der Waals surface area contributed by atoms with Crippen molar-refractivity contribution in [1.82, 2.24) is 9.97 Å². The lowest BCUT2D eigenvalue weighted by Gasteiger charge is -2.40. The third-order valence-electron chi connectivity index (χ3n) is 4.30. The Labute approximate surface area is 130 Å². The molecule has 1 aromatic heterocycles. The second-order valence-electron chi connectivity index (χ2n) is 6.08. The van der Waals surface area contributed by atoms with Crippen LogP contribution in [0.3, 0.4) is 0 Å². The van der Waals surface area contributed by atoms with E-state index in [9.17, 15) is 8.42 Å². The standard InChI is InChI=1S/C15H20N4O2S/c1-10-5-13-14(6-11(10)2)17-9-18-15(13)19-7-12(8-19)3-4-22(16,20)21/h5-6,9,12H,3-4,7-8H2,1-2H3,(H2,16,20,21). The molecule has 2 aromatic rings. The lowest BCUT2D eigenvalue weighted by molar-refractivity contribution is 0.396. The van der Waals surface area contributed by atoms with Crippen LogP contribution in [0.5, 0.6) is 0 Å². The minimum atomic E-state index is -3.37. The number of rotatable bonds is 4. The SMILES string of the molecule is Cc1cc2ncnc(N3CC(CCS(N)(=O)=O)C3)c2cc1C. The van der Waals surface area contributed by atoms with Gasteiger partial charge in [0.1, 0.15) is 12.1 Å². The first-order chi connectivity index (χ1) is 10.3. The van der Waals surface area contributed by atoms with Crippen molar-refractivity contribution in [3.8, 4) is 0 Å². The van der Waals surface area contributed by atoms with E-state index in [4.69, 9.17) is 5.14 Å². The van der Waals surface area contributed by atoms with Crippen LogP contribution in [-0.2, 0) is 10.0 Å². The van der Waals surface area contributed by atoms with Gasteiger partial charge in [-0.2, -0.15) is 0 Å². The van der Waals surface area contributed by atoms with Gasteiger partial charge < -0.3 is 4.90 Å². The molecule has 2 N–H and O–H groups in total. The summed E-state index contributed by atoms with van der Waals surface area (Å²) in [6.45, 7) is 5.78. The predicted molar refractivity (Wildman–Crippen MR) is 87.3 cm³/mol. The van der Waals surface area contributed by atoms with Gasteiger partial charge in [-0.15, -0.1) is 0 Å². The Morgan fingerprint density at radius 3 is 2.59 bits per heavy atom. The molecule has 2 heterocycles. The Balaban J connectivity index is 1.77. The zero-order valence-electron chi connectivity index (χ0n) is 12.8. The number of benzene rings is 1. The smallest absolute Gasteiger partial charge is 0.209 e. The van der Waals surface area contributed by atoms with E-state index in [-0.39, 0.29) is 5.75 Å². The normalized spacial score (nSPS) is 16.0. The van der Waals surface area contributed by atoms with Crippen molar-refractivity contribution < 1.29 is 8.42 Å². The fourth-order valence-electron chi connectivity index (χ4n) is 2.81. The van der Waals surface area contributed by atoms with Crippen LogP contribution in [0.25, 0.3) is 10.9 Å². The van der Waals surface area contributed by atoms with Gasteiger partial charge in [-0.3, -0.25) is 0 Å². The van der Waals surface area contributed by atoms with E-state index in [1.165, 1.54) is 11.1 Å². The van der Waals surface area contributed by atoms with E-state index in [0.717, 1.165) is 29.8 Å². The summed E-state index contributed by atoms with van der Waals surface area (Å²) in [5.41, 5.74) is 3.38. The largest absolute Gasteiger partial charge is 0.355 e. The first-order valence-corrected chi connectivity index (χ1v) is 9.02. The summed E-state index contributed by atoms with van der Waals surface area (Å²) < 4.78 is 22.0. The minimum absolute atomic E-state index is 0.0499. The van der Waals surface area contributed by atoms with Gasteiger partial charge in [-0.05, 0) is 49.4 Å².